The third-order valence-corrected chi connectivity index (χ3v) is 3.32. The molecule has 1 saturated carbocycles. The summed E-state index contributed by atoms with van der Waals surface area (Å²) in [5.41, 5.74) is -0.583. The van der Waals surface area contributed by atoms with Crippen molar-refractivity contribution in [3.8, 4) is 0 Å². The van der Waals surface area contributed by atoms with E-state index < -0.39 is 23.7 Å². The number of likely N-dealkylation sites (tertiary alicyclic amines) is 1. The number of carboxylic acid groups (broad SMARTS) is 1. The molecular weight excluding hydrogens is 222 g/mol. The van der Waals surface area contributed by atoms with Gasteiger partial charge in [0, 0.05) is 6.54 Å². The van der Waals surface area contributed by atoms with Crippen LogP contribution in [0.1, 0.15) is 33.6 Å². The molecule has 2 aliphatic rings. The van der Waals surface area contributed by atoms with Crippen LogP contribution in [0, 0.1) is 11.8 Å². The lowest BCUT2D eigenvalue weighted by atomic mass is 10.0. The van der Waals surface area contributed by atoms with Crippen LogP contribution in [0.2, 0.25) is 0 Å². The molecule has 0 unspecified atom stereocenters. The van der Waals surface area contributed by atoms with Crippen molar-refractivity contribution in [2.45, 2.75) is 45.3 Å². The fourth-order valence-electron chi connectivity index (χ4n) is 2.37. The van der Waals surface area contributed by atoms with Crippen LogP contribution in [0.3, 0.4) is 0 Å². The highest BCUT2D eigenvalue weighted by atomic mass is 16.6. The summed E-state index contributed by atoms with van der Waals surface area (Å²) in [6.45, 7) is 5.87. The number of aliphatic carboxylic acids is 1. The molecule has 0 aromatic heterocycles. The van der Waals surface area contributed by atoms with E-state index in [1.165, 1.54) is 4.90 Å². The Hall–Kier alpha value is -1.26. The molecule has 1 amide bonds. The molecule has 1 aliphatic carbocycles. The van der Waals surface area contributed by atoms with E-state index in [1.54, 1.807) is 20.8 Å². The molecule has 0 spiro atoms. The highest BCUT2D eigenvalue weighted by molar-refractivity contribution is 5.80. The minimum Gasteiger partial charge on any atom is -0.480 e. The minimum absolute atomic E-state index is 0.484. The number of rotatable bonds is 1. The Morgan fingerprint density at radius 3 is 2.41 bits per heavy atom. The summed E-state index contributed by atoms with van der Waals surface area (Å²) in [5.74, 6) is 0.0501. The number of hydrogen-bond acceptors (Lipinski definition) is 3. The molecule has 0 radical (unpaired) electrons. The molecule has 1 N–H and O–H groups in total. The number of amides is 1. The van der Waals surface area contributed by atoms with Gasteiger partial charge < -0.3 is 9.84 Å². The summed E-state index contributed by atoms with van der Waals surface area (Å²) in [4.78, 5) is 24.5. The maximum Gasteiger partial charge on any atom is 0.411 e. The van der Waals surface area contributed by atoms with Crippen molar-refractivity contribution in [2.75, 3.05) is 6.54 Å². The van der Waals surface area contributed by atoms with E-state index in [0.29, 0.717) is 24.8 Å². The second kappa shape index (κ2) is 3.89. The molecular formula is C12H19NO4. The minimum atomic E-state index is -0.929. The fraction of sp³-hybridized carbons (Fsp3) is 0.833. The molecule has 0 bridgehead atoms. The zero-order valence-corrected chi connectivity index (χ0v) is 10.5. The van der Waals surface area contributed by atoms with Crippen LogP contribution in [0.4, 0.5) is 4.79 Å². The van der Waals surface area contributed by atoms with Crippen LogP contribution in [0.15, 0.2) is 0 Å². The van der Waals surface area contributed by atoms with E-state index in [1.807, 2.05) is 0 Å². The molecule has 1 heterocycles. The molecule has 5 heteroatoms. The zero-order valence-electron chi connectivity index (χ0n) is 10.5. The van der Waals surface area contributed by atoms with Crippen molar-refractivity contribution in [1.82, 2.24) is 4.90 Å². The van der Waals surface area contributed by atoms with E-state index >= 15 is 0 Å². The number of carboxylic acids is 1. The standard InChI is InChI=1S/C12H19NO4/c1-12(2,3)17-11(16)13-6-8-4-7(8)5-9(13)10(14)15/h7-9H,4-6H2,1-3H3,(H,14,15)/t7-,8-,9-/m0/s1. The fourth-order valence-corrected chi connectivity index (χ4v) is 2.37. The normalized spacial score (nSPS) is 31.7. The van der Waals surface area contributed by atoms with E-state index in [-0.39, 0.29) is 0 Å². The third kappa shape index (κ3) is 2.70. The van der Waals surface area contributed by atoms with Crippen LogP contribution in [-0.4, -0.2) is 40.3 Å². The van der Waals surface area contributed by atoms with Gasteiger partial charge in [0.15, 0.2) is 0 Å². The molecule has 1 aliphatic heterocycles. The zero-order chi connectivity index (χ0) is 12.8. The first-order valence-electron chi connectivity index (χ1n) is 6.00. The molecule has 0 aromatic carbocycles. The predicted molar refractivity (Wildman–Crippen MR) is 60.6 cm³/mol. The van der Waals surface area contributed by atoms with Crippen molar-refractivity contribution in [3.63, 3.8) is 0 Å². The van der Waals surface area contributed by atoms with Crippen LogP contribution in [0.25, 0.3) is 0 Å². The van der Waals surface area contributed by atoms with Crippen LogP contribution in [0.5, 0.6) is 0 Å². The summed E-state index contributed by atoms with van der Waals surface area (Å²) >= 11 is 0. The Balaban J connectivity index is 2.06. The summed E-state index contributed by atoms with van der Waals surface area (Å²) < 4.78 is 5.25. The summed E-state index contributed by atoms with van der Waals surface area (Å²) in [6, 6.07) is -0.714. The molecule has 2 fully saturated rings. The average molecular weight is 241 g/mol. The topological polar surface area (TPSA) is 66.8 Å². The van der Waals surface area contributed by atoms with Gasteiger partial charge in [-0.15, -0.1) is 0 Å². The van der Waals surface area contributed by atoms with Crippen molar-refractivity contribution in [3.05, 3.63) is 0 Å². The number of carbonyl (C=O) groups excluding carboxylic acids is 1. The monoisotopic (exact) mass is 241 g/mol. The van der Waals surface area contributed by atoms with Gasteiger partial charge in [0.2, 0.25) is 0 Å². The van der Waals surface area contributed by atoms with Crippen LogP contribution in [-0.2, 0) is 9.53 Å². The van der Waals surface area contributed by atoms with Crippen molar-refractivity contribution >= 4 is 12.1 Å². The number of nitrogens with zero attached hydrogens (tertiary/aromatic N) is 1. The molecule has 3 atom stereocenters. The quantitative estimate of drug-likeness (QED) is 0.759. The Labute approximate surface area is 101 Å². The smallest absolute Gasteiger partial charge is 0.411 e. The molecule has 0 aromatic rings. The lowest BCUT2D eigenvalue weighted by molar-refractivity contribution is -0.144. The number of hydrogen-bond donors (Lipinski definition) is 1. The Morgan fingerprint density at radius 1 is 1.24 bits per heavy atom. The van der Waals surface area contributed by atoms with Gasteiger partial charge in [0.25, 0.3) is 0 Å². The first-order valence-corrected chi connectivity index (χ1v) is 6.00. The molecule has 96 valence electrons. The SMILES string of the molecule is CC(C)(C)OC(=O)N1C[C@@H]2C[C@H]2C[C@H]1C(=O)O. The lowest BCUT2D eigenvalue weighted by Crippen LogP contribution is -2.50. The Bertz CT molecular complexity index is 347. The second-order valence-corrected chi connectivity index (χ2v) is 5.98. The first kappa shape index (κ1) is 12.2. The molecule has 5 nitrogen and oxygen atoms in total. The van der Waals surface area contributed by atoms with Crippen molar-refractivity contribution < 1.29 is 19.4 Å². The van der Waals surface area contributed by atoms with Gasteiger partial charge in [0.1, 0.15) is 11.6 Å². The number of fused-ring (bicyclic) bond motifs is 1. The van der Waals surface area contributed by atoms with Gasteiger partial charge in [-0.3, -0.25) is 4.90 Å². The van der Waals surface area contributed by atoms with E-state index in [0.717, 1.165) is 6.42 Å². The van der Waals surface area contributed by atoms with Gasteiger partial charge in [-0.25, -0.2) is 9.59 Å². The van der Waals surface area contributed by atoms with Gasteiger partial charge in [0.05, 0.1) is 0 Å². The second-order valence-electron chi connectivity index (χ2n) is 5.98. The number of ether oxygens (including phenoxy) is 1. The van der Waals surface area contributed by atoms with E-state index in [9.17, 15) is 9.59 Å². The first-order chi connectivity index (χ1) is 7.78. The molecule has 1 saturated heterocycles. The van der Waals surface area contributed by atoms with Gasteiger partial charge in [-0.2, -0.15) is 0 Å². The Morgan fingerprint density at radius 2 is 1.88 bits per heavy atom. The summed E-state index contributed by atoms with van der Waals surface area (Å²) in [6.07, 6.45) is 1.11. The summed E-state index contributed by atoms with van der Waals surface area (Å²) in [5, 5.41) is 9.14. The third-order valence-electron chi connectivity index (χ3n) is 3.32. The highest BCUT2D eigenvalue weighted by Gasteiger charge is 2.50. The maximum atomic E-state index is 11.9. The van der Waals surface area contributed by atoms with E-state index in [2.05, 4.69) is 0 Å². The largest absolute Gasteiger partial charge is 0.480 e. The number of piperidine rings is 1. The van der Waals surface area contributed by atoms with Crippen molar-refractivity contribution in [1.29, 1.82) is 0 Å². The number of carbonyl (C=O) groups is 2. The van der Waals surface area contributed by atoms with Crippen LogP contribution >= 0.6 is 0 Å². The average Bonchev–Trinajstić information content (AvgIpc) is 2.90. The Kier molecular flexibility index (Phi) is 2.79. The molecule has 2 rings (SSSR count). The van der Waals surface area contributed by atoms with Crippen molar-refractivity contribution in [2.24, 2.45) is 11.8 Å². The van der Waals surface area contributed by atoms with Gasteiger partial charge >= 0.3 is 12.1 Å². The van der Waals surface area contributed by atoms with Gasteiger partial charge in [-0.1, -0.05) is 0 Å². The van der Waals surface area contributed by atoms with E-state index in [4.69, 9.17) is 9.84 Å². The van der Waals surface area contributed by atoms with Crippen LogP contribution < -0.4 is 0 Å². The molecule has 17 heavy (non-hydrogen) atoms. The highest BCUT2D eigenvalue weighted by Crippen LogP contribution is 2.47. The lowest BCUT2D eigenvalue weighted by Gasteiger charge is -2.34. The predicted octanol–water partition coefficient (Wildman–Crippen LogP) is 1.72. The van der Waals surface area contributed by atoms with Gasteiger partial charge in [-0.05, 0) is 45.4 Å². The maximum absolute atomic E-state index is 11.9. The summed E-state index contributed by atoms with van der Waals surface area (Å²) in [7, 11) is 0.